The molecule has 3 rings (SSSR count). The Balaban J connectivity index is 2.03. The fraction of sp³-hybridized carbons (Fsp3) is 0.409. The zero-order valence-electron chi connectivity index (χ0n) is 17.1. The average molecular weight is 401 g/mol. The molecule has 0 spiro atoms. The summed E-state index contributed by atoms with van der Waals surface area (Å²) in [5.41, 5.74) is 3.90. The minimum absolute atomic E-state index is 0.0428. The standard InChI is InChI=1S/C22H28N2O3S/c1-6-16-13-19-20(24(5)22(16)25)11-15(4)12-21(19)28(26,27)23-18-9-7-17(8-10-18)14(2)3/h7-12,14,16,23H,6,13H2,1-5H3. The van der Waals surface area contributed by atoms with E-state index in [0.29, 0.717) is 35.7 Å². The second-order valence-corrected chi connectivity index (χ2v) is 9.50. The third-order valence-electron chi connectivity index (χ3n) is 5.43. The Morgan fingerprint density at radius 2 is 1.82 bits per heavy atom. The first-order chi connectivity index (χ1) is 13.1. The van der Waals surface area contributed by atoms with E-state index in [4.69, 9.17) is 0 Å². The van der Waals surface area contributed by atoms with Crippen LogP contribution in [0.3, 0.4) is 0 Å². The highest BCUT2D eigenvalue weighted by molar-refractivity contribution is 7.92. The van der Waals surface area contributed by atoms with Gasteiger partial charge in [0.1, 0.15) is 0 Å². The molecule has 1 N–H and O–H groups in total. The van der Waals surface area contributed by atoms with Crippen LogP contribution in [0.5, 0.6) is 0 Å². The number of rotatable bonds is 5. The number of carbonyl (C=O) groups is 1. The molecule has 1 aliphatic rings. The van der Waals surface area contributed by atoms with Crippen LogP contribution in [0.25, 0.3) is 0 Å². The van der Waals surface area contributed by atoms with Gasteiger partial charge < -0.3 is 4.90 Å². The maximum Gasteiger partial charge on any atom is 0.262 e. The molecule has 28 heavy (non-hydrogen) atoms. The molecule has 150 valence electrons. The third-order valence-corrected chi connectivity index (χ3v) is 6.88. The maximum atomic E-state index is 13.2. The number of carbonyl (C=O) groups excluding carboxylic acids is 1. The normalized spacial score (nSPS) is 17.0. The van der Waals surface area contributed by atoms with E-state index in [2.05, 4.69) is 18.6 Å². The van der Waals surface area contributed by atoms with Crippen LogP contribution in [0.2, 0.25) is 0 Å². The highest BCUT2D eigenvalue weighted by Gasteiger charge is 2.34. The zero-order chi connectivity index (χ0) is 20.6. The molecule has 1 unspecified atom stereocenters. The topological polar surface area (TPSA) is 66.5 Å². The molecular weight excluding hydrogens is 372 g/mol. The fourth-order valence-electron chi connectivity index (χ4n) is 3.70. The van der Waals surface area contributed by atoms with Gasteiger partial charge in [-0.15, -0.1) is 0 Å². The summed E-state index contributed by atoms with van der Waals surface area (Å²) in [6.07, 6.45) is 1.12. The lowest BCUT2D eigenvalue weighted by atomic mass is 9.89. The highest BCUT2D eigenvalue weighted by atomic mass is 32.2. The van der Waals surface area contributed by atoms with Crippen LogP contribution in [0, 0.1) is 12.8 Å². The number of nitrogens with zero attached hydrogens (tertiary/aromatic N) is 1. The Bertz CT molecular complexity index is 995. The van der Waals surface area contributed by atoms with Crippen molar-refractivity contribution in [3.63, 3.8) is 0 Å². The molecule has 1 heterocycles. The maximum absolute atomic E-state index is 13.2. The summed E-state index contributed by atoms with van der Waals surface area (Å²) in [5.74, 6) is 0.231. The van der Waals surface area contributed by atoms with E-state index in [1.165, 1.54) is 0 Å². The van der Waals surface area contributed by atoms with Gasteiger partial charge in [-0.2, -0.15) is 0 Å². The number of hydrogen-bond acceptors (Lipinski definition) is 3. The van der Waals surface area contributed by atoms with Crippen molar-refractivity contribution in [3.05, 3.63) is 53.1 Å². The lowest BCUT2D eigenvalue weighted by molar-refractivity contribution is -0.122. The highest BCUT2D eigenvalue weighted by Crippen LogP contribution is 2.37. The van der Waals surface area contributed by atoms with Gasteiger partial charge in [-0.3, -0.25) is 9.52 Å². The van der Waals surface area contributed by atoms with Gasteiger partial charge in [0.05, 0.1) is 4.90 Å². The van der Waals surface area contributed by atoms with Crippen molar-refractivity contribution >= 4 is 27.3 Å². The number of sulfonamides is 1. The fourth-order valence-corrected chi connectivity index (χ4v) is 5.11. The van der Waals surface area contributed by atoms with Crippen molar-refractivity contribution in [1.82, 2.24) is 0 Å². The van der Waals surface area contributed by atoms with Gasteiger partial charge >= 0.3 is 0 Å². The molecule has 0 bridgehead atoms. The Hall–Kier alpha value is -2.34. The number of anilines is 2. The molecule has 0 aromatic heterocycles. The van der Waals surface area contributed by atoms with E-state index >= 15 is 0 Å². The van der Waals surface area contributed by atoms with Crippen molar-refractivity contribution in [2.24, 2.45) is 5.92 Å². The first-order valence-corrected chi connectivity index (χ1v) is 11.2. The summed E-state index contributed by atoms with van der Waals surface area (Å²) in [6.45, 7) is 8.00. The molecule has 2 aromatic rings. The number of benzene rings is 2. The van der Waals surface area contributed by atoms with Crippen LogP contribution >= 0.6 is 0 Å². The van der Waals surface area contributed by atoms with Crippen LogP contribution in [0.4, 0.5) is 11.4 Å². The van der Waals surface area contributed by atoms with E-state index < -0.39 is 10.0 Å². The molecule has 0 saturated carbocycles. The van der Waals surface area contributed by atoms with Crippen LogP contribution in [-0.2, 0) is 21.2 Å². The number of amides is 1. The number of hydrogen-bond donors (Lipinski definition) is 1. The molecule has 2 aromatic carbocycles. The van der Waals surface area contributed by atoms with Crippen LogP contribution < -0.4 is 9.62 Å². The van der Waals surface area contributed by atoms with Gasteiger partial charge in [-0.05, 0) is 66.6 Å². The third kappa shape index (κ3) is 3.78. The first-order valence-electron chi connectivity index (χ1n) is 9.68. The Morgan fingerprint density at radius 3 is 2.39 bits per heavy atom. The molecule has 1 atom stereocenters. The predicted molar refractivity (Wildman–Crippen MR) is 113 cm³/mol. The van der Waals surface area contributed by atoms with Gasteiger partial charge in [0.2, 0.25) is 5.91 Å². The van der Waals surface area contributed by atoms with Crippen molar-refractivity contribution in [2.75, 3.05) is 16.7 Å². The second kappa shape index (κ2) is 7.59. The van der Waals surface area contributed by atoms with Gasteiger partial charge in [-0.25, -0.2) is 8.42 Å². The van der Waals surface area contributed by atoms with Gasteiger partial charge in [0.25, 0.3) is 10.0 Å². The lowest BCUT2D eigenvalue weighted by Gasteiger charge is -2.32. The monoisotopic (exact) mass is 400 g/mol. The van der Waals surface area contributed by atoms with E-state index in [1.807, 2.05) is 32.0 Å². The largest absolute Gasteiger partial charge is 0.315 e. The van der Waals surface area contributed by atoms with Crippen molar-refractivity contribution < 1.29 is 13.2 Å². The van der Waals surface area contributed by atoms with Crippen LogP contribution in [0.1, 0.15) is 49.8 Å². The predicted octanol–water partition coefficient (Wildman–Crippen LogP) is 4.46. The van der Waals surface area contributed by atoms with E-state index in [1.54, 1.807) is 30.1 Å². The second-order valence-electron chi connectivity index (χ2n) is 7.85. The molecule has 1 aliphatic heterocycles. The van der Waals surface area contributed by atoms with E-state index in [-0.39, 0.29) is 16.7 Å². The Kier molecular flexibility index (Phi) is 5.53. The minimum atomic E-state index is -3.77. The quantitative estimate of drug-likeness (QED) is 0.805. The molecular formula is C22H28N2O3S. The summed E-state index contributed by atoms with van der Waals surface area (Å²) in [6, 6.07) is 11.0. The van der Waals surface area contributed by atoms with Crippen molar-refractivity contribution in [1.29, 1.82) is 0 Å². The zero-order valence-corrected chi connectivity index (χ0v) is 17.9. The number of aryl methyl sites for hydroxylation is 1. The summed E-state index contributed by atoms with van der Waals surface area (Å²) in [7, 11) is -2.05. The molecule has 0 radical (unpaired) electrons. The molecule has 6 heteroatoms. The number of fused-ring (bicyclic) bond motifs is 1. The molecule has 0 saturated heterocycles. The number of nitrogens with one attached hydrogen (secondary N) is 1. The van der Waals surface area contributed by atoms with Crippen LogP contribution in [-0.4, -0.2) is 21.4 Å². The van der Waals surface area contributed by atoms with Crippen molar-refractivity contribution in [2.45, 2.75) is 51.3 Å². The minimum Gasteiger partial charge on any atom is -0.315 e. The van der Waals surface area contributed by atoms with Gasteiger partial charge in [0, 0.05) is 24.3 Å². The summed E-state index contributed by atoms with van der Waals surface area (Å²) < 4.78 is 29.1. The van der Waals surface area contributed by atoms with Gasteiger partial charge in [-0.1, -0.05) is 32.9 Å². The summed E-state index contributed by atoms with van der Waals surface area (Å²) in [4.78, 5) is 14.4. The summed E-state index contributed by atoms with van der Waals surface area (Å²) >= 11 is 0. The van der Waals surface area contributed by atoms with Crippen LogP contribution in [0.15, 0.2) is 41.3 Å². The molecule has 5 nitrogen and oxygen atoms in total. The average Bonchev–Trinajstić information content (AvgIpc) is 2.64. The van der Waals surface area contributed by atoms with Gasteiger partial charge in [0.15, 0.2) is 0 Å². The molecule has 0 fully saturated rings. The SMILES string of the molecule is CCC1Cc2c(cc(C)cc2S(=O)(=O)Nc2ccc(C(C)C)cc2)N(C)C1=O. The smallest absolute Gasteiger partial charge is 0.262 e. The summed E-state index contributed by atoms with van der Waals surface area (Å²) in [5, 5.41) is 0. The molecule has 0 aliphatic carbocycles. The van der Waals surface area contributed by atoms with E-state index in [9.17, 15) is 13.2 Å². The Labute approximate surface area is 167 Å². The van der Waals surface area contributed by atoms with E-state index in [0.717, 1.165) is 11.1 Å². The lowest BCUT2D eigenvalue weighted by Crippen LogP contribution is -2.39. The van der Waals surface area contributed by atoms with Crippen molar-refractivity contribution in [3.8, 4) is 0 Å². The molecule has 1 amide bonds. The first kappa shape index (κ1) is 20.4. The Morgan fingerprint density at radius 1 is 1.18 bits per heavy atom.